The second-order valence-electron chi connectivity index (χ2n) is 7.54. The Kier molecular flexibility index (Phi) is 4.90. The van der Waals surface area contributed by atoms with Crippen LogP contribution in [-0.4, -0.2) is 21.4 Å². The van der Waals surface area contributed by atoms with Crippen LogP contribution in [0.25, 0.3) is 10.9 Å². The van der Waals surface area contributed by atoms with Crippen molar-refractivity contribution < 1.29 is 13.9 Å². The van der Waals surface area contributed by atoms with Crippen LogP contribution >= 0.6 is 0 Å². The molecule has 152 valence electrons. The van der Waals surface area contributed by atoms with Crippen molar-refractivity contribution in [2.45, 2.75) is 44.8 Å². The first-order chi connectivity index (χ1) is 13.9. The van der Waals surface area contributed by atoms with Gasteiger partial charge in [-0.15, -0.1) is 0 Å². The van der Waals surface area contributed by atoms with Gasteiger partial charge in [-0.05, 0) is 31.0 Å². The van der Waals surface area contributed by atoms with Crippen molar-refractivity contribution in [3.8, 4) is 5.75 Å². The normalized spacial score (nSPS) is 17.4. The Morgan fingerprint density at radius 3 is 2.86 bits per heavy atom. The summed E-state index contributed by atoms with van der Waals surface area (Å²) < 4.78 is 21.7. The fraction of sp³-hybridized carbons (Fsp3) is 0.364. The lowest BCUT2D eigenvalue weighted by Gasteiger charge is -2.41. The Labute approximate surface area is 169 Å². The van der Waals surface area contributed by atoms with E-state index in [1.807, 2.05) is 39.1 Å². The van der Waals surface area contributed by atoms with E-state index in [4.69, 9.17) is 4.74 Å². The van der Waals surface area contributed by atoms with Gasteiger partial charge in [0.25, 0.3) is 0 Å². The number of carbonyl (C=O) groups is 1. The maximum atomic E-state index is 13.8. The van der Waals surface area contributed by atoms with Gasteiger partial charge in [0.2, 0.25) is 0 Å². The fourth-order valence-corrected chi connectivity index (χ4v) is 4.06. The first kappa shape index (κ1) is 19.2. The zero-order valence-electron chi connectivity index (χ0n) is 16.8. The molecule has 7 heteroatoms. The van der Waals surface area contributed by atoms with E-state index in [1.54, 1.807) is 16.9 Å². The lowest BCUT2D eigenvalue weighted by atomic mass is 9.83. The zero-order chi connectivity index (χ0) is 20.6. The van der Waals surface area contributed by atoms with Crippen molar-refractivity contribution >= 4 is 22.6 Å². The number of fused-ring (bicyclic) bond motifs is 2. The molecular formula is C22H25FN4O2. The Hall–Kier alpha value is -3.09. The van der Waals surface area contributed by atoms with Crippen molar-refractivity contribution in [3.63, 3.8) is 0 Å². The fourth-order valence-electron chi connectivity index (χ4n) is 4.06. The van der Waals surface area contributed by atoms with Gasteiger partial charge in [-0.25, -0.2) is 9.18 Å². The van der Waals surface area contributed by atoms with Crippen molar-refractivity contribution in [3.05, 3.63) is 54.0 Å². The summed E-state index contributed by atoms with van der Waals surface area (Å²) in [5, 5.41) is 11.1. The number of nitrogens with one attached hydrogen (secondary N) is 2. The van der Waals surface area contributed by atoms with Gasteiger partial charge in [-0.2, -0.15) is 5.10 Å². The molecule has 0 saturated carbocycles. The molecule has 1 atom stereocenters. The van der Waals surface area contributed by atoms with Crippen molar-refractivity contribution in [1.29, 1.82) is 0 Å². The minimum Gasteiger partial charge on any atom is -0.487 e. The minimum atomic E-state index is -0.428. The molecule has 2 amide bonds. The first-order valence-corrected chi connectivity index (χ1v) is 9.91. The molecule has 29 heavy (non-hydrogen) atoms. The van der Waals surface area contributed by atoms with E-state index in [0.717, 1.165) is 29.3 Å². The quantitative estimate of drug-likeness (QED) is 0.658. The largest absolute Gasteiger partial charge is 0.487 e. The number of nitrogens with zero attached hydrogens (tertiary/aromatic N) is 2. The molecular weight excluding hydrogens is 371 g/mol. The second kappa shape index (κ2) is 7.39. The molecule has 2 aromatic carbocycles. The molecule has 1 aliphatic rings. The molecule has 0 bridgehead atoms. The number of urea groups is 1. The number of benzene rings is 2. The number of anilines is 1. The summed E-state index contributed by atoms with van der Waals surface area (Å²) in [6.07, 6.45) is 3.91. The van der Waals surface area contributed by atoms with Crippen LogP contribution in [0.1, 0.15) is 44.7 Å². The van der Waals surface area contributed by atoms with Crippen molar-refractivity contribution in [2.24, 2.45) is 7.05 Å². The summed E-state index contributed by atoms with van der Waals surface area (Å²) in [6.45, 7) is 4.10. The molecule has 0 spiro atoms. The van der Waals surface area contributed by atoms with Crippen LogP contribution < -0.4 is 15.4 Å². The standard InChI is InChI=1S/C22H25FN4O2/c1-4-22(5-2)12-18(15-10-9-14(23)11-20(15)29-22)26-21(28)25-17-7-6-8-19-16(17)13-24-27(19)3/h6-11,13,18H,4-5,12H2,1-3H3,(H2,25,26,28)/t18-/m1/s1. The molecule has 0 fully saturated rings. The lowest BCUT2D eigenvalue weighted by Crippen LogP contribution is -2.45. The average molecular weight is 396 g/mol. The highest BCUT2D eigenvalue weighted by molar-refractivity contribution is 6.00. The number of aryl methyl sites for hydroxylation is 1. The van der Waals surface area contributed by atoms with E-state index in [0.29, 0.717) is 17.9 Å². The molecule has 4 rings (SSSR count). The molecule has 1 aromatic heterocycles. The van der Waals surface area contributed by atoms with Crippen molar-refractivity contribution in [2.75, 3.05) is 5.32 Å². The summed E-state index contributed by atoms with van der Waals surface area (Å²) >= 11 is 0. The van der Waals surface area contributed by atoms with Gasteiger partial charge in [0.15, 0.2) is 0 Å². The highest BCUT2D eigenvalue weighted by Gasteiger charge is 2.39. The summed E-state index contributed by atoms with van der Waals surface area (Å²) in [5.41, 5.74) is 1.99. The van der Waals surface area contributed by atoms with Gasteiger partial charge in [0.05, 0.1) is 23.4 Å². The number of amides is 2. The van der Waals surface area contributed by atoms with Crippen LogP contribution in [0.5, 0.6) is 5.75 Å². The topological polar surface area (TPSA) is 68.2 Å². The highest BCUT2D eigenvalue weighted by Crippen LogP contribution is 2.43. The number of carbonyl (C=O) groups excluding carboxylic acids is 1. The average Bonchev–Trinajstić information content (AvgIpc) is 3.09. The Morgan fingerprint density at radius 2 is 2.10 bits per heavy atom. The number of hydrogen-bond acceptors (Lipinski definition) is 3. The molecule has 1 aliphatic heterocycles. The number of halogens is 1. The van der Waals surface area contributed by atoms with Crippen LogP contribution in [0.4, 0.5) is 14.9 Å². The van der Waals surface area contributed by atoms with E-state index < -0.39 is 5.60 Å². The zero-order valence-corrected chi connectivity index (χ0v) is 16.8. The van der Waals surface area contributed by atoms with Gasteiger partial charge in [-0.3, -0.25) is 4.68 Å². The third-order valence-corrected chi connectivity index (χ3v) is 5.89. The second-order valence-corrected chi connectivity index (χ2v) is 7.54. The Bertz CT molecular complexity index is 1060. The third kappa shape index (κ3) is 3.52. The van der Waals surface area contributed by atoms with Crippen molar-refractivity contribution in [1.82, 2.24) is 15.1 Å². The number of aromatic nitrogens is 2. The summed E-state index contributed by atoms with van der Waals surface area (Å²) in [6, 6.07) is 9.58. The van der Waals surface area contributed by atoms with Gasteiger partial charge in [-0.1, -0.05) is 26.0 Å². The van der Waals surface area contributed by atoms with Gasteiger partial charge < -0.3 is 15.4 Å². The third-order valence-electron chi connectivity index (χ3n) is 5.89. The monoisotopic (exact) mass is 396 g/mol. The summed E-state index contributed by atoms with van der Waals surface area (Å²) in [5.74, 6) is 0.151. The molecule has 0 saturated heterocycles. The smallest absolute Gasteiger partial charge is 0.319 e. The number of rotatable bonds is 4. The van der Waals surface area contributed by atoms with Crippen LogP contribution in [0.15, 0.2) is 42.6 Å². The van der Waals surface area contributed by atoms with E-state index in [2.05, 4.69) is 15.7 Å². The number of hydrogen-bond donors (Lipinski definition) is 2. The Morgan fingerprint density at radius 1 is 1.31 bits per heavy atom. The maximum Gasteiger partial charge on any atom is 0.319 e. The van der Waals surface area contributed by atoms with E-state index >= 15 is 0 Å². The van der Waals surface area contributed by atoms with Gasteiger partial charge in [0, 0.05) is 30.5 Å². The molecule has 0 aliphatic carbocycles. The van der Waals surface area contributed by atoms with E-state index in [-0.39, 0.29) is 17.9 Å². The van der Waals surface area contributed by atoms with E-state index in [9.17, 15) is 9.18 Å². The van der Waals surface area contributed by atoms with Crippen LogP contribution in [0.3, 0.4) is 0 Å². The predicted octanol–water partition coefficient (Wildman–Crippen LogP) is 4.92. The lowest BCUT2D eigenvalue weighted by molar-refractivity contribution is 0.0243. The van der Waals surface area contributed by atoms with Gasteiger partial charge in [0.1, 0.15) is 17.2 Å². The number of ether oxygens (including phenoxy) is 1. The Balaban J connectivity index is 1.60. The SMILES string of the molecule is CCC1(CC)C[C@@H](NC(=O)Nc2cccc3c2cnn3C)c2ccc(F)cc2O1. The van der Waals surface area contributed by atoms with Crippen LogP contribution in [0, 0.1) is 5.82 Å². The highest BCUT2D eigenvalue weighted by atomic mass is 19.1. The molecule has 3 aromatic rings. The predicted molar refractivity (Wildman–Crippen MR) is 111 cm³/mol. The summed E-state index contributed by atoms with van der Waals surface area (Å²) in [7, 11) is 1.86. The molecule has 2 N–H and O–H groups in total. The van der Waals surface area contributed by atoms with Crippen LogP contribution in [-0.2, 0) is 7.05 Å². The molecule has 0 unspecified atom stereocenters. The van der Waals surface area contributed by atoms with Gasteiger partial charge >= 0.3 is 6.03 Å². The molecule has 2 heterocycles. The molecule has 0 radical (unpaired) electrons. The maximum absolute atomic E-state index is 13.8. The summed E-state index contributed by atoms with van der Waals surface area (Å²) in [4.78, 5) is 12.8. The van der Waals surface area contributed by atoms with Crippen LogP contribution in [0.2, 0.25) is 0 Å². The first-order valence-electron chi connectivity index (χ1n) is 9.91. The molecule has 6 nitrogen and oxygen atoms in total. The minimum absolute atomic E-state index is 0.271. The van der Waals surface area contributed by atoms with E-state index in [1.165, 1.54) is 12.1 Å².